The lowest BCUT2D eigenvalue weighted by atomic mass is 9.86. The van der Waals surface area contributed by atoms with E-state index in [-0.39, 0.29) is 80.1 Å². The van der Waals surface area contributed by atoms with Crippen LogP contribution in [-0.4, -0.2) is 185 Å². The van der Waals surface area contributed by atoms with Gasteiger partial charge in [-0.15, -0.1) is 0 Å². The van der Waals surface area contributed by atoms with Crippen molar-refractivity contribution in [3.8, 4) is 11.5 Å². The van der Waals surface area contributed by atoms with E-state index in [9.17, 15) is 38.4 Å². The maximum absolute atomic E-state index is 12.7. The van der Waals surface area contributed by atoms with Gasteiger partial charge in [-0.25, -0.2) is 19.2 Å². The number of rotatable bonds is 36. The Morgan fingerprint density at radius 2 is 0.964 bits per heavy atom. The van der Waals surface area contributed by atoms with Crippen molar-refractivity contribution in [3.63, 3.8) is 0 Å². The Bertz CT molecular complexity index is 2650. The Morgan fingerprint density at radius 3 is 1.44 bits per heavy atom. The molecule has 0 aromatic heterocycles. The number of carbonyl (C=O) groups excluding carboxylic acids is 8. The van der Waals surface area contributed by atoms with Gasteiger partial charge in [0, 0.05) is 72.1 Å². The van der Waals surface area contributed by atoms with E-state index in [2.05, 4.69) is 26.0 Å². The van der Waals surface area contributed by atoms with Gasteiger partial charge >= 0.3 is 24.4 Å². The summed E-state index contributed by atoms with van der Waals surface area (Å²) in [6, 6.07) is 12.4. The number of methoxy groups -OCH3 is 2. The Kier molecular flexibility index (Phi) is 32.2. The molecule has 0 fully saturated rings. The molecule has 0 atom stereocenters. The number of hydrogen-bond donors (Lipinski definition) is 6. The molecule has 3 aromatic rings. The molecule has 4 rings (SSSR count). The summed E-state index contributed by atoms with van der Waals surface area (Å²) in [4.78, 5) is 94.7. The summed E-state index contributed by atoms with van der Waals surface area (Å²) in [6.07, 6.45) is -0.440. The predicted octanol–water partition coefficient (Wildman–Crippen LogP) is 4.79. The highest BCUT2D eigenvalue weighted by Gasteiger charge is 2.28. The third-order valence-corrected chi connectivity index (χ3v) is 11.3. The molecule has 0 bridgehead atoms. The number of nitrogens with two attached hydrogens (primary N) is 2. The number of Topliss-reactive ketones (excluding diaryl/α,β-unsaturated/α-hetero) is 1. The number of alkyl carbamates (subject to hydrolysis) is 2. The predicted molar refractivity (Wildman–Crippen MR) is 306 cm³/mol. The molecule has 84 heavy (non-hydrogen) atoms. The molecule has 26 nitrogen and oxygen atoms in total. The lowest BCUT2D eigenvalue weighted by molar-refractivity contribution is -0.123. The fourth-order valence-corrected chi connectivity index (χ4v) is 7.77. The molecule has 466 valence electrons. The van der Waals surface area contributed by atoms with Gasteiger partial charge in [0.1, 0.15) is 35.9 Å². The van der Waals surface area contributed by atoms with E-state index in [1.807, 2.05) is 18.2 Å². The van der Waals surface area contributed by atoms with Gasteiger partial charge in [0.05, 0.1) is 93.5 Å². The summed E-state index contributed by atoms with van der Waals surface area (Å²) in [5.74, 6) is 0.0413. The lowest BCUT2D eigenvalue weighted by Crippen LogP contribution is -2.34. The molecule has 3 aromatic carbocycles. The number of primary amides is 2. The number of amides is 6. The summed E-state index contributed by atoms with van der Waals surface area (Å²) >= 11 is 0. The standard InChI is InChI=1S/C30H45N3O10.C28H39N3O10/c1-30(2,3)43-29(36)33-12-14-40-16-18-41-17-15-39-13-10-25(34)32-11-9-21-7-6-8-23-26(21)24(37-4)19-22(27(23)38-5)20-42-28(31)35;1-28(2,3)41-27(36)31-10-12-38-14-16-39-15-13-37-11-8-23(33)30-9-7-19-5-4-6-21-24(19)22(32)17-20(25(21)34)18-40-26(29)35/h6-8,19H,9-18,20H2,1-5H3,(H2,31,35)(H,32,34)(H,33,36);4-6,17H,7-16,18H2,1-3H3,(H2,29,35)(H,30,33)(H,31,36). The van der Waals surface area contributed by atoms with Crippen LogP contribution in [0.5, 0.6) is 11.5 Å². The Morgan fingerprint density at radius 1 is 0.512 bits per heavy atom. The van der Waals surface area contributed by atoms with Gasteiger partial charge in [-0.1, -0.05) is 36.4 Å². The van der Waals surface area contributed by atoms with Crippen molar-refractivity contribution in [2.75, 3.05) is 126 Å². The minimum Gasteiger partial charge on any atom is -0.496 e. The minimum atomic E-state index is -1.04. The number of benzene rings is 3. The summed E-state index contributed by atoms with van der Waals surface area (Å²) in [5.41, 5.74) is 11.7. The van der Waals surface area contributed by atoms with E-state index in [4.69, 9.17) is 63.6 Å². The van der Waals surface area contributed by atoms with Crippen LogP contribution in [-0.2, 0) is 76.4 Å². The van der Waals surface area contributed by atoms with Crippen molar-refractivity contribution in [3.05, 3.63) is 81.9 Å². The molecule has 0 heterocycles. The van der Waals surface area contributed by atoms with Crippen LogP contribution in [0.1, 0.15) is 91.8 Å². The van der Waals surface area contributed by atoms with E-state index in [1.165, 1.54) is 6.07 Å². The van der Waals surface area contributed by atoms with Gasteiger partial charge < -0.3 is 89.6 Å². The van der Waals surface area contributed by atoms with E-state index >= 15 is 0 Å². The summed E-state index contributed by atoms with van der Waals surface area (Å²) in [7, 11) is 3.11. The van der Waals surface area contributed by atoms with Crippen molar-refractivity contribution >= 4 is 58.5 Å². The molecule has 0 saturated heterocycles. The maximum atomic E-state index is 12.7. The molecule has 1 aliphatic rings. The zero-order valence-corrected chi connectivity index (χ0v) is 49.5. The van der Waals surface area contributed by atoms with E-state index in [0.717, 1.165) is 22.4 Å². The summed E-state index contributed by atoms with van der Waals surface area (Å²) in [6.45, 7) is 15.8. The van der Waals surface area contributed by atoms with Gasteiger partial charge in [-0.05, 0) is 77.7 Å². The summed E-state index contributed by atoms with van der Waals surface area (Å²) < 4.78 is 63.6. The highest BCUT2D eigenvalue weighted by atomic mass is 16.6. The Labute approximate surface area is 489 Å². The van der Waals surface area contributed by atoms with Gasteiger partial charge in [-0.3, -0.25) is 19.2 Å². The molecule has 26 heteroatoms. The molecule has 0 unspecified atom stereocenters. The second-order valence-corrected chi connectivity index (χ2v) is 20.3. The topological polar surface area (TPSA) is 347 Å². The number of allylic oxidation sites excluding steroid dienone is 1. The van der Waals surface area contributed by atoms with Crippen LogP contribution in [0.25, 0.3) is 10.8 Å². The summed E-state index contributed by atoms with van der Waals surface area (Å²) in [5, 5.41) is 12.5. The molecule has 0 saturated carbocycles. The second kappa shape index (κ2) is 38.3. The van der Waals surface area contributed by atoms with Crippen molar-refractivity contribution in [1.82, 2.24) is 21.3 Å². The van der Waals surface area contributed by atoms with Crippen LogP contribution in [0.4, 0.5) is 19.2 Å². The Balaban J connectivity index is 0.000000441. The van der Waals surface area contributed by atoms with Crippen LogP contribution < -0.4 is 42.2 Å². The second-order valence-electron chi connectivity index (χ2n) is 20.3. The van der Waals surface area contributed by atoms with E-state index < -0.39 is 41.4 Å². The molecule has 1 aliphatic carbocycles. The van der Waals surface area contributed by atoms with Gasteiger partial charge in [0.25, 0.3) is 0 Å². The van der Waals surface area contributed by atoms with Crippen LogP contribution in [0.15, 0.2) is 54.1 Å². The number of ketones is 2. The van der Waals surface area contributed by atoms with E-state index in [1.54, 1.807) is 74.0 Å². The van der Waals surface area contributed by atoms with Crippen molar-refractivity contribution in [2.45, 2.75) is 85.0 Å². The maximum Gasteiger partial charge on any atom is 0.407 e. The van der Waals surface area contributed by atoms with Gasteiger partial charge in [-0.2, -0.15) is 0 Å². The monoisotopic (exact) mass is 1180 g/mol. The first-order valence-electron chi connectivity index (χ1n) is 27.4. The van der Waals surface area contributed by atoms with Crippen LogP contribution >= 0.6 is 0 Å². The fourth-order valence-electron chi connectivity index (χ4n) is 7.77. The fraction of sp³-hybridized carbons (Fsp3) is 0.552. The van der Waals surface area contributed by atoms with Crippen LogP contribution in [0.2, 0.25) is 0 Å². The third kappa shape index (κ3) is 28.6. The molecule has 0 aliphatic heterocycles. The zero-order valence-electron chi connectivity index (χ0n) is 49.5. The molecular formula is C58H84N6O20. The first kappa shape index (κ1) is 70.6. The quantitative estimate of drug-likeness (QED) is 0.0337. The highest BCUT2D eigenvalue weighted by molar-refractivity contribution is 6.25. The zero-order chi connectivity index (χ0) is 61.9. The molecule has 0 radical (unpaired) electrons. The van der Waals surface area contributed by atoms with Crippen molar-refractivity contribution in [1.29, 1.82) is 0 Å². The number of fused-ring (bicyclic) bond motifs is 2. The lowest BCUT2D eigenvalue weighted by Gasteiger charge is -2.19. The largest absolute Gasteiger partial charge is 0.496 e. The van der Waals surface area contributed by atoms with Gasteiger partial charge in [0.15, 0.2) is 11.6 Å². The smallest absolute Gasteiger partial charge is 0.407 e. The van der Waals surface area contributed by atoms with Crippen molar-refractivity contribution < 1.29 is 95.2 Å². The first-order valence-corrected chi connectivity index (χ1v) is 27.4. The Hall–Kier alpha value is -7.62. The average molecular weight is 1190 g/mol. The molecule has 8 N–H and O–H groups in total. The number of nitrogens with one attached hydrogen (secondary N) is 4. The third-order valence-electron chi connectivity index (χ3n) is 11.3. The number of carbonyl (C=O) groups is 8. The van der Waals surface area contributed by atoms with Crippen molar-refractivity contribution in [2.24, 2.45) is 11.5 Å². The number of ether oxygens (including phenoxy) is 12. The average Bonchev–Trinajstić information content (AvgIpc) is 1.78. The van der Waals surface area contributed by atoms with E-state index in [0.29, 0.717) is 121 Å². The molecule has 6 amide bonds. The van der Waals surface area contributed by atoms with Crippen LogP contribution in [0.3, 0.4) is 0 Å². The first-order chi connectivity index (χ1) is 40.0. The minimum absolute atomic E-state index is 0.0511. The van der Waals surface area contributed by atoms with Gasteiger partial charge in [0.2, 0.25) is 11.8 Å². The number of hydrogen-bond acceptors (Lipinski definition) is 20. The molecular weight excluding hydrogens is 1100 g/mol. The highest BCUT2D eigenvalue weighted by Crippen LogP contribution is 2.39. The normalized spacial score (nSPS) is 12.0. The SMILES string of the molecule is CC(C)(C)OC(=O)NCCOCCOCCOCCC(=O)NCCc1cccc2c1C(=O)C=C(COC(N)=O)C2=O.COc1c(COC(N)=O)cc(OC)c2c(CCNC(=O)CCOCCOCCOCCNC(=O)OC(C)(C)C)cccc12. The molecule has 0 spiro atoms. The van der Waals surface area contributed by atoms with Crippen LogP contribution in [0, 0.1) is 0 Å².